The second-order valence-electron chi connectivity index (χ2n) is 4.21. The van der Waals surface area contributed by atoms with Gasteiger partial charge in [-0.2, -0.15) is 0 Å². The van der Waals surface area contributed by atoms with Crippen molar-refractivity contribution in [3.8, 4) is 11.1 Å². The third kappa shape index (κ3) is 1.90. The van der Waals surface area contributed by atoms with Gasteiger partial charge in [-0.1, -0.05) is 29.8 Å². The average molecular weight is 246 g/mol. The average Bonchev–Trinajstić information content (AvgIpc) is 2.75. The minimum absolute atomic E-state index is 0.663. The van der Waals surface area contributed by atoms with Gasteiger partial charge < -0.3 is 10.5 Å². The molecular weight excluding hydrogens is 234 g/mol. The molecule has 86 valence electrons. The summed E-state index contributed by atoms with van der Waals surface area (Å²) in [4.78, 5) is 0. The van der Waals surface area contributed by atoms with Crippen molar-refractivity contribution < 1.29 is 4.74 Å². The van der Waals surface area contributed by atoms with Crippen LogP contribution in [-0.2, 0) is 18.0 Å². The monoisotopic (exact) mass is 245 g/mol. The van der Waals surface area contributed by atoms with Gasteiger partial charge in [-0.15, -0.1) is 0 Å². The van der Waals surface area contributed by atoms with Crippen molar-refractivity contribution in [2.45, 2.75) is 13.2 Å². The van der Waals surface area contributed by atoms with E-state index in [9.17, 15) is 0 Å². The van der Waals surface area contributed by atoms with Gasteiger partial charge in [-0.3, -0.25) is 0 Å². The summed E-state index contributed by atoms with van der Waals surface area (Å²) in [5.74, 6) is 0. The van der Waals surface area contributed by atoms with Crippen LogP contribution in [0.4, 0.5) is 5.69 Å². The molecule has 2 aromatic carbocycles. The highest BCUT2D eigenvalue weighted by Crippen LogP contribution is 2.31. The highest BCUT2D eigenvalue weighted by molar-refractivity contribution is 6.31. The van der Waals surface area contributed by atoms with Crippen molar-refractivity contribution in [1.29, 1.82) is 0 Å². The van der Waals surface area contributed by atoms with Gasteiger partial charge in [0.15, 0.2) is 0 Å². The van der Waals surface area contributed by atoms with Crippen LogP contribution in [-0.4, -0.2) is 0 Å². The number of nitrogen functional groups attached to an aromatic ring is 1. The Kier molecular flexibility index (Phi) is 2.54. The SMILES string of the molecule is Nc1cc(Cl)ccc1-c1ccc2c(c1)COC2. The first-order chi connectivity index (χ1) is 8.24. The summed E-state index contributed by atoms with van der Waals surface area (Å²) in [6.45, 7) is 1.41. The molecule has 1 aliphatic heterocycles. The largest absolute Gasteiger partial charge is 0.398 e. The van der Waals surface area contributed by atoms with E-state index >= 15 is 0 Å². The standard InChI is InChI=1S/C14H12ClNO/c15-12-3-4-13(14(16)6-12)9-1-2-10-7-17-8-11(10)5-9/h1-6H,7-8,16H2. The lowest BCUT2D eigenvalue weighted by molar-refractivity contribution is 0.134. The summed E-state index contributed by atoms with van der Waals surface area (Å²) in [5, 5.41) is 0.663. The van der Waals surface area contributed by atoms with Crippen molar-refractivity contribution in [3.05, 3.63) is 52.5 Å². The Balaban J connectivity index is 2.09. The maximum Gasteiger partial charge on any atom is 0.0725 e. The Labute approximate surface area is 105 Å². The number of rotatable bonds is 1. The maximum atomic E-state index is 5.98. The van der Waals surface area contributed by atoms with E-state index in [1.165, 1.54) is 11.1 Å². The lowest BCUT2D eigenvalue weighted by atomic mass is 9.99. The molecular formula is C14H12ClNO. The molecule has 1 heterocycles. The van der Waals surface area contributed by atoms with Crippen LogP contribution in [0.3, 0.4) is 0 Å². The van der Waals surface area contributed by atoms with Crippen molar-refractivity contribution in [2.24, 2.45) is 0 Å². The van der Waals surface area contributed by atoms with Gasteiger partial charge in [-0.05, 0) is 34.9 Å². The van der Waals surface area contributed by atoms with E-state index in [1.54, 1.807) is 6.07 Å². The highest BCUT2D eigenvalue weighted by atomic mass is 35.5. The molecule has 0 spiro atoms. The van der Waals surface area contributed by atoms with Gasteiger partial charge in [0.2, 0.25) is 0 Å². The van der Waals surface area contributed by atoms with Crippen LogP contribution in [0.1, 0.15) is 11.1 Å². The smallest absolute Gasteiger partial charge is 0.0725 e. The lowest BCUT2D eigenvalue weighted by Gasteiger charge is -2.08. The minimum atomic E-state index is 0.663. The Hall–Kier alpha value is -1.51. The summed E-state index contributed by atoms with van der Waals surface area (Å²) in [6.07, 6.45) is 0. The molecule has 0 unspecified atom stereocenters. The topological polar surface area (TPSA) is 35.2 Å². The van der Waals surface area contributed by atoms with Crippen molar-refractivity contribution in [2.75, 3.05) is 5.73 Å². The summed E-state index contributed by atoms with van der Waals surface area (Å²) in [7, 11) is 0. The second kappa shape index (κ2) is 4.06. The van der Waals surface area contributed by atoms with Gasteiger partial charge in [-0.25, -0.2) is 0 Å². The minimum Gasteiger partial charge on any atom is -0.398 e. The van der Waals surface area contributed by atoms with E-state index in [-0.39, 0.29) is 0 Å². The molecule has 0 aliphatic carbocycles. The van der Waals surface area contributed by atoms with E-state index in [1.807, 2.05) is 12.1 Å². The molecule has 0 aromatic heterocycles. The molecule has 0 atom stereocenters. The number of hydrogen-bond acceptors (Lipinski definition) is 2. The lowest BCUT2D eigenvalue weighted by Crippen LogP contribution is -1.91. The number of nitrogens with two attached hydrogens (primary N) is 1. The Morgan fingerprint density at radius 1 is 1.00 bits per heavy atom. The zero-order valence-electron chi connectivity index (χ0n) is 9.24. The van der Waals surface area contributed by atoms with E-state index < -0.39 is 0 Å². The highest BCUT2D eigenvalue weighted by Gasteiger charge is 2.12. The summed E-state index contributed by atoms with van der Waals surface area (Å²) in [5.41, 5.74) is 11.3. The second-order valence-corrected chi connectivity index (χ2v) is 4.64. The predicted octanol–water partition coefficient (Wildman–Crippen LogP) is 3.62. The predicted molar refractivity (Wildman–Crippen MR) is 69.8 cm³/mol. The van der Waals surface area contributed by atoms with Crippen molar-refractivity contribution >= 4 is 17.3 Å². The Bertz CT molecular complexity index is 580. The molecule has 0 fully saturated rings. The fourth-order valence-corrected chi connectivity index (χ4v) is 2.32. The van der Waals surface area contributed by atoms with Crippen LogP contribution in [0.2, 0.25) is 5.02 Å². The third-order valence-electron chi connectivity index (χ3n) is 3.05. The number of anilines is 1. The number of fused-ring (bicyclic) bond motifs is 1. The summed E-state index contributed by atoms with van der Waals surface area (Å²) < 4.78 is 5.40. The zero-order chi connectivity index (χ0) is 11.8. The molecule has 0 saturated heterocycles. The third-order valence-corrected chi connectivity index (χ3v) is 3.28. The van der Waals surface area contributed by atoms with Crippen molar-refractivity contribution in [1.82, 2.24) is 0 Å². The van der Waals surface area contributed by atoms with Gasteiger partial charge in [0.05, 0.1) is 13.2 Å². The fraction of sp³-hybridized carbons (Fsp3) is 0.143. The Morgan fingerprint density at radius 3 is 2.65 bits per heavy atom. The van der Waals surface area contributed by atoms with Crippen LogP contribution in [0.25, 0.3) is 11.1 Å². The van der Waals surface area contributed by atoms with Gasteiger partial charge >= 0.3 is 0 Å². The quantitative estimate of drug-likeness (QED) is 0.779. The maximum absolute atomic E-state index is 5.98. The molecule has 0 radical (unpaired) electrons. The van der Waals surface area contributed by atoms with Crippen LogP contribution < -0.4 is 5.73 Å². The van der Waals surface area contributed by atoms with Crippen LogP contribution in [0.5, 0.6) is 0 Å². The number of halogens is 1. The van der Waals surface area contributed by atoms with Crippen molar-refractivity contribution in [3.63, 3.8) is 0 Å². The normalized spacial score (nSPS) is 13.7. The molecule has 2 aromatic rings. The number of ether oxygens (including phenoxy) is 1. The van der Waals surface area contributed by atoms with Gasteiger partial charge in [0, 0.05) is 16.3 Å². The van der Waals surface area contributed by atoms with Crippen LogP contribution in [0.15, 0.2) is 36.4 Å². The van der Waals surface area contributed by atoms with Gasteiger partial charge in [0.1, 0.15) is 0 Å². The van der Waals surface area contributed by atoms with E-state index in [4.69, 9.17) is 22.1 Å². The molecule has 0 amide bonds. The zero-order valence-corrected chi connectivity index (χ0v) is 10.00. The first-order valence-corrected chi connectivity index (χ1v) is 5.87. The molecule has 2 nitrogen and oxygen atoms in total. The summed E-state index contributed by atoms with van der Waals surface area (Å²) >= 11 is 5.90. The fourth-order valence-electron chi connectivity index (χ4n) is 2.14. The van der Waals surface area contributed by atoms with Gasteiger partial charge in [0.25, 0.3) is 0 Å². The molecule has 17 heavy (non-hydrogen) atoms. The molecule has 3 heteroatoms. The first-order valence-electron chi connectivity index (χ1n) is 5.49. The molecule has 1 aliphatic rings. The molecule has 0 saturated carbocycles. The van der Waals surface area contributed by atoms with Crippen LogP contribution in [0, 0.1) is 0 Å². The number of hydrogen-bond donors (Lipinski definition) is 1. The van der Waals surface area contributed by atoms with E-state index in [0.29, 0.717) is 23.9 Å². The van der Waals surface area contributed by atoms with E-state index in [2.05, 4.69) is 18.2 Å². The Morgan fingerprint density at radius 2 is 1.82 bits per heavy atom. The summed E-state index contributed by atoms with van der Waals surface area (Å²) in [6, 6.07) is 11.9. The van der Waals surface area contributed by atoms with E-state index in [0.717, 1.165) is 11.1 Å². The number of benzene rings is 2. The molecule has 2 N–H and O–H groups in total. The molecule has 3 rings (SSSR count). The van der Waals surface area contributed by atoms with Crippen LogP contribution >= 0.6 is 11.6 Å². The first kappa shape index (κ1) is 10.6. The molecule has 0 bridgehead atoms.